The summed E-state index contributed by atoms with van der Waals surface area (Å²) < 4.78 is 6.03. The monoisotopic (exact) mass is 259 g/mol. The number of nitrogens with one attached hydrogen (secondary N) is 1. The van der Waals surface area contributed by atoms with E-state index in [1.165, 1.54) is 5.56 Å². The number of hydrogen-bond acceptors (Lipinski definition) is 2. The summed E-state index contributed by atoms with van der Waals surface area (Å²) in [5.41, 5.74) is 3.40. The fraction of sp³-hybridized carbons (Fsp3) is 0.200. The average molecular weight is 260 g/mol. The summed E-state index contributed by atoms with van der Waals surface area (Å²) in [4.78, 5) is 0. The van der Waals surface area contributed by atoms with Crippen LogP contribution in [0.3, 0.4) is 0 Å². The first-order chi connectivity index (χ1) is 8.72. The van der Waals surface area contributed by atoms with E-state index in [1.807, 2.05) is 24.3 Å². The van der Waals surface area contributed by atoms with Crippen molar-refractivity contribution >= 4 is 17.3 Å². The third-order valence-corrected chi connectivity index (χ3v) is 3.38. The van der Waals surface area contributed by atoms with E-state index in [2.05, 4.69) is 30.4 Å². The average Bonchev–Trinajstić information content (AvgIpc) is 2.38. The number of anilines is 1. The Morgan fingerprint density at radius 2 is 1.94 bits per heavy atom. The van der Waals surface area contributed by atoms with Gasteiger partial charge in [-0.25, -0.2) is 0 Å². The van der Waals surface area contributed by atoms with Crippen molar-refractivity contribution in [3.8, 4) is 5.75 Å². The van der Waals surface area contributed by atoms with Gasteiger partial charge < -0.3 is 10.1 Å². The molecule has 0 fully saturated rings. The van der Waals surface area contributed by atoms with Crippen LogP contribution in [0.5, 0.6) is 5.75 Å². The van der Waals surface area contributed by atoms with Gasteiger partial charge in [0.15, 0.2) is 0 Å². The lowest BCUT2D eigenvalue weighted by Crippen LogP contribution is -2.23. The summed E-state index contributed by atoms with van der Waals surface area (Å²) >= 11 is 5.90. The molecule has 1 unspecified atom stereocenters. The molecule has 1 aliphatic rings. The normalized spacial score (nSPS) is 17.6. The van der Waals surface area contributed by atoms with Gasteiger partial charge in [-0.15, -0.1) is 0 Å². The number of benzene rings is 2. The van der Waals surface area contributed by atoms with E-state index in [-0.39, 0.29) is 6.10 Å². The maximum absolute atomic E-state index is 6.03. The van der Waals surface area contributed by atoms with Gasteiger partial charge in [0.25, 0.3) is 0 Å². The zero-order valence-corrected chi connectivity index (χ0v) is 10.9. The number of rotatable bonds is 1. The highest BCUT2D eigenvalue weighted by molar-refractivity contribution is 6.30. The molecule has 3 rings (SSSR count). The summed E-state index contributed by atoms with van der Waals surface area (Å²) in [5.74, 6) is 0.918. The van der Waals surface area contributed by atoms with Crippen molar-refractivity contribution in [3.05, 3.63) is 58.6 Å². The lowest BCUT2D eigenvalue weighted by atomic mass is 10.1. The summed E-state index contributed by atoms with van der Waals surface area (Å²) in [6.07, 6.45) is 0.0385. The smallest absolute Gasteiger partial charge is 0.143 e. The highest BCUT2D eigenvalue weighted by atomic mass is 35.5. The molecule has 2 nitrogen and oxygen atoms in total. The number of aryl methyl sites for hydroxylation is 1. The number of ether oxygens (including phenoxy) is 1. The molecule has 0 aromatic heterocycles. The molecule has 0 saturated heterocycles. The van der Waals surface area contributed by atoms with Crippen LogP contribution in [0.4, 0.5) is 5.69 Å². The van der Waals surface area contributed by atoms with E-state index in [1.54, 1.807) is 0 Å². The first-order valence-electron chi connectivity index (χ1n) is 5.99. The highest BCUT2D eigenvalue weighted by Crippen LogP contribution is 2.34. The van der Waals surface area contributed by atoms with Gasteiger partial charge in [0.2, 0.25) is 0 Å². The maximum atomic E-state index is 6.03. The standard InChI is InChI=1S/C15H14ClNO/c1-10-2-7-13-14(8-10)18-15(9-17-13)11-3-5-12(16)6-4-11/h2-8,15,17H,9H2,1H3. The largest absolute Gasteiger partial charge is 0.482 e. The van der Waals surface area contributed by atoms with E-state index < -0.39 is 0 Å². The molecule has 1 atom stereocenters. The first-order valence-corrected chi connectivity index (χ1v) is 6.37. The molecule has 1 aliphatic heterocycles. The van der Waals surface area contributed by atoms with Crippen molar-refractivity contribution in [1.29, 1.82) is 0 Å². The maximum Gasteiger partial charge on any atom is 0.143 e. The van der Waals surface area contributed by atoms with Crippen LogP contribution in [0.25, 0.3) is 0 Å². The Bertz CT molecular complexity index is 565. The van der Waals surface area contributed by atoms with Crippen LogP contribution >= 0.6 is 11.6 Å². The van der Waals surface area contributed by atoms with E-state index in [0.29, 0.717) is 0 Å². The van der Waals surface area contributed by atoms with Crippen LogP contribution in [0.1, 0.15) is 17.2 Å². The summed E-state index contributed by atoms with van der Waals surface area (Å²) in [5, 5.41) is 4.14. The zero-order valence-electron chi connectivity index (χ0n) is 10.1. The predicted molar refractivity (Wildman–Crippen MR) is 74.5 cm³/mol. The molecule has 0 bridgehead atoms. The summed E-state index contributed by atoms with van der Waals surface area (Å²) in [7, 11) is 0. The number of hydrogen-bond donors (Lipinski definition) is 1. The van der Waals surface area contributed by atoms with E-state index in [4.69, 9.17) is 16.3 Å². The van der Waals surface area contributed by atoms with Crippen molar-refractivity contribution in [3.63, 3.8) is 0 Å². The Kier molecular flexibility index (Phi) is 2.88. The third kappa shape index (κ3) is 2.16. The Hall–Kier alpha value is -1.67. The van der Waals surface area contributed by atoms with Gasteiger partial charge in [0.05, 0.1) is 12.2 Å². The predicted octanol–water partition coefficient (Wildman–Crippen LogP) is 4.19. The molecule has 3 heteroatoms. The van der Waals surface area contributed by atoms with Crippen molar-refractivity contribution < 1.29 is 4.74 Å². The second kappa shape index (κ2) is 4.54. The van der Waals surface area contributed by atoms with Crippen LogP contribution in [0.15, 0.2) is 42.5 Å². The molecule has 2 aromatic carbocycles. The minimum absolute atomic E-state index is 0.0385. The van der Waals surface area contributed by atoms with Crippen LogP contribution < -0.4 is 10.1 Å². The van der Waals surface area contributed by atoms with Gasteiger partial charge in [-0.2, -0.15) is 0 Å². The fourth-order valence-electron chi connectivity index (χ4n) is 2.13. The molecular formula is C15H14ClNO. The SMILES string of the molecule is Cc1ccc2c(c1)OC(c1ccc(Cl)cc1)CN2. The molecular weight excluding hydrogens is 246 g/mol. The molecule has 0 saturated carbocycles. The second-order valence-corrected chi connectivity index (χ2v) is 4.97. The highest BCUT2D eigenvalue weighted by Gasteiger charge is 2.20. The Morgan fingerprint density at radius 1 is 1.17 bits per heavy atom. The molecule has 0 spiro atoms. The zero-order chi connectivity index (χ0) is 12.5. The lowest BCUT2D eigenvalue weighted by molar-refractivity contribution is 0.210. The van der Waals surface area contributed by atoms with Crippen molar-refractivity contribution in [2.75, 3.05) is 11.9 Å². The third-order valence-electron chi connectivity index (χ3n) is 3.13. The summed E-state index contributed by atoms with van der Waals surface area (Å²) in [6, 6.07) is 14.0. The minimum atomic E-state index is 0.0385. The molecule has 1 N–H and O–H groups in total. The molecule has 1 heterocycles. The van der Waals surface area contributed by atoms with Crippen molar-refractivity contribution in [1.82, 2.24) is 0 Å². The second-order valence-electron chi connectivity index (χ2n) is 4.54. The van der Waals surface area contributed by atoms with E-state index in [9.17, 15) is 0 Å². The first kappa shape index (κ1) is 11.4. The number of halogens is 1. The Balaban J connectivity index is 1.88. The van der Waals surface area contributed by atoms with E-state index >= 15 is 0 Å². The topological polar surface area (TPSA) is 21.3 Å². The molecule has 0 aliphatic carbocycles. The minimum Gasteiger partial charge on any atom is -0.482 e. The van der Waals surface area contributed by atoms with Gasteiger partial charge >= 0.3 is 0 Å². The molecule has 0 radical (unpaired) electrons. The van der Waals surface area contributed by atoms with Gasteiger partial charge in [0.1, 0.15) is 11.9 Å². The van der Waals surface area contributed by atoms with Crippen LogP contribution in [0.2, 0.25) is 5.02 Å². The number of fused-ring (bicyclic) bond motifs is 1. The Labute approximate surface area is 112 Å². The molecule has 2 aromatic rings. The van der Waals surface area contributed by atoms with Gasteiger partial charge in [-0.1, -0.05) is 29.8 Å². The summed E-state index contributed by atoms with van der Waals surface area (Å²) in [6.45, 7) is 2.84. The molecule has 18 heavy (non-hydrogen) atoms. The molecule has 0 amide bonds. The van der Waals surface area contributed by atoms with Crippen LogP contribution in [-0.4, -0.2) is 6.54 Å². The van der Waals surface area contributed by atoms with Gasteiger partial charge in [0, 0.05) is 5.02 Å². The van der Waals surface area contributed by atoms with Crippen molar-refractivity contribution in [2.24, 2.45) is 0 Å². The van der Waals surface area contributed by atoms with Crippen molar-refractivity contribution in [2.45, 2.75) is 13.0 Å². The van der Waals surface area contributed by atoms with Crippen LogP contribution in [-0.2, 0) is 0 Å². The van der Waals surface area contributed by atoms with Gasteiger partial charge in [-0.3, -0.25) is 0 Å². The molecule has 92 valence electrons. The van der Waals surface area contributed by atoms with E-state index in [0.717, 1.165) is 28.6 Å². The lowest BCUT2D eigenvalue weighted by Gasteiger charge is -2.28. The quantitative estimate of drug-likeness (QED) is 0.829. The fourth-order valence-corrected chi connectivity index (χ4v) is 2.26. The van der Waals surface area contributed by atoms with Gasteiger partial charge in [-0.05, 0) is 42.3 Å². The van der Waals surface area contributed by atoms with Crippen LogP contribution in [0, 0.1) is 6.92 Å². The Morgan fingerprint density at radius 3 is 2.72 bits per heavy atom.